The number of thiophene rings is 1. The Kier molecular flexibility index (Phi) is 5.76. The van der Waals surface area contributed by atoms with Crippen LogP contribution in [0.5, 0.6) is 0 Å². The topological polar surface area (TPSA) is 59.4 Å². The fraction of sp³-hybridized carbons (Fsp3) is 0.333. The van der Waals surface area contributed by atoms with E-state index in [1.807, 2.05) is 6.07 Å². The average Bonchev–Trinajstić information content (AvgIpc) is 3.03. The first kappa shape index (κ1) is 17.5. The number of nitrogens with zero attached hydrogens (tertiary/aromatic N) is 3. The largest absolute Gasteiger partial charge is 0.315 e. The van der Waals surface area contributed by atoms with E-state index in [9.17, 15) is 9.18 Å². The van der Waals surface area contributed by atoms with Crippen molar-refractivity contribution in [1.82, 2.24) is 9.80 Å². The standard InChI is InChI=1S/C18H19FN4OS/c19-16-3-1-2-14(10-16)12-22-5-7-23(8-6-22)13-17(24)21-18-15(11-20)4-9-25-18/h1-4,9-10H,5-8,12-13H2,(H,21,24). The molecule has 1 fully saturated rings. The van der Waals surface area contributed by atoms with Gasteiger partial charge in [0.2, 0.25) is 5.91 Å². The predicted molar refractivity (Wildman–Crippen MR) is 95.8 cm³/mol. The van der Waals surface area contributed by atoms with Crippen molar-refractivity contribution < 1.29 is 9.18 Å². The second kappa shape index (κ2) is 8.21. The Labute approximate surface area is 150 Å². The number of benzene rings is 1. The Morgan fingerprint density at radius 1 is 1.24 bits per heavy atom. The second-order valence-corrected chi connectivity index (χ2v) is 6.92. The summed E-state index contributed by atoms with van der Waals surface area (Å²) in [5.74, 6) is -0.310. The lowest BCUT2D eigenvalue weighted by atomic mass is 10.2. The van der Waals surface area contributed by atoms with Crippen LogP contribution in [-0.4, -0.2) is 48.4 Å². The van der Waals surface area contributed by atoms with Crippen LogP contribution in [0.3, 0.4) is 0 Å². The monoisotopic (exact) mass is 358 g/mol. The molecule has 2 aromatic rings. The minimum absolute atomic E-state index is 0.0995. The molecule has 130 valence electrons. The lowest BCUT2D eigenvalue weighted by Gasteiger charge is -2.34. The fourth-order valence-corrected chi connectivity index (χ4v) is 3.62. The minimum atomic E-state index is -0.210. The Balaban J connectivity index is 1.44. The minimum Gasteiger partial charge on any atom is -0.315 e. The maximum atomic E-state index is 13.2. The molecule has 7 heteroatoms. The van der Waals surface area contributed by atoms with Crippen LogP contribution in [0.15, 0.2) is 35.7 Å². The third kappa shape index (κ3) is 4.86. The molecule has 1 aliphatic heterocycles. The molecule has 1 aromatic heterocycles. The SMILES string of the molecule is N#Cc1ccsc1NC(=O)CN1CCN(Cc2cccc(F)c2)CC1. The van der Waals surface area contributed by atoms with Crippen molar-refractivity contribution in [2.24, 2.45) is 0 Å². The number of anilines is 1. The van der Waals surface area contributed by atoms with E-state index < -0.39 is 0 Å². The summed E-state index contributed by atoms with van der Waals surface area (Å²) < 4.78 is 13.2. The number of halogens is 1. The highest BCUT2D eigenvalue weighted by Crippen LogP contribution is 2.22. The van der Waals surface area contributed by atoms with Crippen LogP contribution in [0, 0.1) is 17.1 Å². The Bertz CT molecular complexity index is 777. The maximum absolute atomic E-state index is 13.2. The molecule has 0 radical (unpaired) electrons. The van der Waals surface area contributed by atoms with Crippen molar-refractivity contribution in [3.05, 3.63) is 52.7 Å². The van der Waals surface area contributed by atoms with Crippen LogP contribution in [-0.2, 0) is 11.3 Å². The van der Waals surface area contributed by atoms with Crippen molar-refractivity contribution in [1.29, 1.82) is 5.26 Å². The molecule has 0 aliphatic carbocycles. The molecule has 1 saturated heterocycles. The van der Waals surface area contributed by atoms with Gasteiger partial charge in [-0.3, -0.25) is 14.6 Å². The fourth-order valence-electron chi connectivity index (χ4n) is 2.86. The lowest BCUT2D eigenvalue weighted by Crippen LogP contribution is -2.48. The van der Waals surface area contributed by atoms with Crippen LogP contribution in [0.4, 0.5) is 9.39 Å². The van der Waals surface area contributed by atoms with Crippen molar-refractivity contribution in [3.63, 3.8) is 0 Å². The predicted octanol–water partition coefficient (Wildman–Crippen LogP) is 2.52. The van der Waals surface area contributed by atoms with E-state index in [1.54, 1.807) is 23.6 Å². The zero-order chi connectivity index (χ0) is 17.6. The van der Waals surface area contributed by atoms with Crippen molar-refractivity contribution in [2.45, 2.75) is 6.54 Å². The van der Waals surface area contributed by atoms with Crippen LogP contribution < -0.4 is 5.32 Å². The molecule has 0 atom stereocenters. The van der Waals surface area contributed by atoms with Gasteiger partial charge in [-0.1, -0.05) is 12.1 Å². The molecule has 25 heavy (non-hydrogen) atoms. The van der Waals surface area contributed by atoms with E-state index in [0.29, 0.717) is 17.1 Å². The quantitative estimate of drug-likeness (QED) is 0.892. The van der Waals surface area contributed by atoms with E-state index in [4.69, 9.17) is 5.26 Å². The summed E-state index contributed by atoms with van der Waals surface area (Å²) in [5.41, 5.74) is 1.46. The Morgan fingerprint density at radius 2 is 2.00 bits per heavy atom. The first-order valence-electron chi connectivity index (χ1n) is 8.10. The van der Waals surface area contributed by atoms with Crippen LogP contribution in [0.1, 0.15) is 11.1 Å². The summed E-state index contributed by atoms with van der Waals surface area (Å²) in [6.45, 7) is 4.30. The number of piperazine rings is 1. The van der Waals surface area contributed by atoms with Gasteiger partial charge in [-0.15, -0.1) is 11.3 Å². The van der Waals surface area contributed by atoms with Gasteiger partial charge in [0.25, 0.3) is 0 Å². The molecule has 0 saturated carbocycles. The van der Waals surface area contributed by atoms with Gasteiger partial charge in [0.1, 0.15) is 16.9 Å². The van der Waals surface area contributed by atoms with Gasteiger partial charge in [0.15, 0.2) is 0 Å². The number of carbonyl (C=O) groups is 1. The number of amides is 1. The third-order valence-corrected chi connectivity index (χ3v) is 5.00. The van der Waals surface area contributed by atoms with Crippen LogP contribution >= 0.6 is 11.3 Å². The highest BCUT2D eigenvalue weighted by molar-refractivity contribution is 7.14. The van der Waals surface area contributed by atoms with Gasteiger partial charge in [0.05, 0.1) is 12.1 Å². The number of hydrogen-bond donors (Lipinski definition) is 1. The molecule has 0 bridgehead atoms. The molecule has 1 aliphatic rings. The summed E-state index contributed by atoms with van der Waals surface area (Å²) >= 11 is 1.36. The summed E-state index contributed by atoms with van der Waals surface area (Å²) in [5, 5.41) is 14.2. The first-order valence-corrected chi connectivity index (χ1v) is 8.98. The number of nitrogens with one attached hydrogen (secondary N) is 1. The average molecular weight is 358 g/mol. The lowest BCUT2D eigenvalue weighted by molar-refractivity contribution is -0.117. The third-order valence-electron chi connectivity index (χ3n) is 4.17. The summed E-state index contributed by atoms with van der Waals surface area (Å²) in [6, 6.07) is 10.4. The molecular weight excluding hydrogens is 339 g/mol. The first-order chi connectivity index (χ1) is 12.1. The van der Waals surface area contributed by atoms with E-state index in [1.165, 1.54) is 17.4 Å². The van der Waals surface area contributed by atoms with Crippen LogP contribution in [0.2, 0.25) is 0 Å². The molecular formula is C18H19FN4OS. The van der Waals surface area contributed by atoms with Gasteiger partial charge in [0, 0.05) is 32.7 Å². The van der Waals surface area contributed by atoms with E-state index in [-0.39, 0.29) is 11.7 Å². The van der Waals surface area contributed by atoms with E-state index >= 15 is 0 Å². The molecule has 1 aromatic carbocycles. The van der Waals surface area contributed by atoms with E-state index in [2.05, 4.69) is 21.2 Å². The van der Waals surface area contributed by atoms with Crippen LogP contribution in [0.25, 0.3) is 0 Å². The molecule has 1 N–H and O–H groups in total. The summed E-state index contributed by atoms with van der Waals surface area (Å²) in [6.07, 6.45) is 0. The zero-order valence-electron chi connectivity index (χ0n) is 13.7. The smallest absolute Gasteiger partial charge is 0.239 e. The second-order valence-electron chi connectivity index (χ2n) is 6.01. The number of carbonyl (C=O) groups excluding carboxylic acids is 1. The maximum Gasteiger partial charge on any atom is 0.239 e. The Hall–Kier alpha value is -2.27. The summed E-state index contributed by atoms with van der Waals surface area (Å²) in [4.78, 5) is 16.5. The van der Waals surface area contributed by atoms with E-state index in [0.717, 1.165) is 38.3 Å². The number of rotatable bonds is 5. The molecule has 5 nitrogen and oxygen atoms in total. The normalized spacial score (nSPS) is 15.7. The van der Waals surface area contributed by atoms with Crippen molar-refractivity contribution in [2.75, 3.05) is 38.0 Å². The summed E-state index contributed by atoms with van der Waals surface area (Å²) in [7, 11) is 0. The number of nitriles is 1. The van der Waals surface area contributed by atoms with Gasteiger partial charge < -0.3 is 5.32 Å². The highest BCUT2D eigenvalue weighted by atomic mass is 32.1. The molecule has 0 unspecified atom stereocenters. The van der Waals surface area contributed by atoms with Gasteiger partial charge in [-0.05, 0) is 29.1 Å². The Morgan fingerprint density at radius 3 is 2.72 bits per heavy atom. The number of hydrogen-bond acceptors (Lipinski definition) is 5. The van der Waals surface area contributed by atoms with Gasteiger partial charge in [-0.2, -0.15) is 5.26 Å². The van der Waals surface area contributed by atoms with Gasteiger partial charge in [-0.25, -0.2) is 4.39 Å². The highest BCUT2D eigenvalue weighted by Gasteiger charge is 2.19. The van der Waals surface area contributed by atoms with Crippen molar-refractivity contribution in [3.8, 4) is 6.07 Å². The van der Waals surface area contributed by atoms with Crippen molar-refractivity contribution >= 4 is 22.2 Å². The van der Waals surface area contributed by atoms with Gasteiger partial charge >= 0.3 is 0 Å². The molecule has 1 amide bonds. The zero-order valence-corrected chi connectivity index (χ0v) is 14.6. The molecule has 3 rings (SSSR count). The molecule has 2 heterocycles. The molecule has 0 spiro atoms.